The fraction of sp³-hybridized carbons (Fsp3) is 0.938. The molecule has 1 aliphatic rings. The predicted octanol–water partition coefficient (Wildman–Crippen LogP) is 2.43. The average molecular weight is 284 g/mol. The number of nitrogens with zero attached hydrogens (tertiary/aromatic N) is 1. The highest BCUT2D eigenvalue weighted by atomic mass is 16.5. The normalized spacial score (nSPS) is 16.7. The van der Waals surface area contributed by atoms with Crippen LogP contribution in [0.2, 0.25) is 0 Å². The van der Waals surface area contributed by atoms with E-state index in [2.05, 4.69) is 31.0 Å². The zero-order chi connectivity index (χ0) is 15.0. The first-order valence-corrected chi connectivity index (χ1v) is 8.29. The largest absolute Gasteiger partial charge is 0.465 e. The molecule has 0 amide bonds. The summed E-state index contributed by atoms with van der Waals surface area (Å²) in [5, 5.41) is 3.43. The van der Waals surface area contributed by atoms with Gasteiger partial charge in [0.15, 0.2) is 0 Å². The standard InChI is InChI=1S/C16H32N2O2/c1-5-13(6-2)11-18(7-3)12-15(16(19)20-8-4)17-14-9-10-14/h13-15,17H,5-12H2,1-4H3. The van der Waals surface area contributed by atoms with E-state index in [0.29, 0.717) is 12.6 Å². The Morgan fingerprint density at radius 2 is 1.85 bits per heavy atom. The number of hydrogen-bond donors (Lipinski definition) is 1. The van der Waals surface area contributed by atoms with Crippen molar-refractivity contribution in [1.82, 2.24) is 10.2 Å². The van der Waals surface area contributed by atoms with Crippen LogP contribution < -0.4 is 5.32 Å². The van der Waals surface area contributed by atoms with E-state index < -0.39 is 0 Å². The topological polar surface area (TPSA) is 41.6 Å². The number of carbonyl (C=O) groups excluding carboxylic acids is 1. The molecule has 20 heavy (non-hydrogen) atoms. The van der Waals surface area contributed by atoms with Crippen molar-refractivity contribution in [1.29, 1.82) is 0 Å². The zero-order valence-electron chi connectivity index (χ0n) is 13.7. The molecule has 4 heteroatoms. The van der Waals surface area contributed by atoms with Gasteiger partial charge in [-0.3, -0.25) is 4.79 Å². The lowest BCUT2D eigenvalue weighted by atomic mass is 10.0. The Morgan fingerprint density at radius 3 is 2.30 bits per heavy atom. The minimum Gasteiger partial charge on any atom is -0.465 e. The van der Waals surface area contributed by atoms with Gasteiger partial charge >= 0.3 is 5.97 Å². The molecule has 1 aliphatic carbocycles. The van der Waals surface area contributed by atoms with Crippen molar-refractivity contribution in [2.24, 2.45) is 5.92 Å². The van der Waals surface area contributed by atoms with E-state index in [-0.39, 0.29) is 12.0 Å². The van der Waals surface area contributed by atoms with Crippen molar-refractivity contribution in [2.45, 2.75) is 65.5 Å². The van der Waals surface area contributed by atoms with E-state index in [1.807, 2.05) is 6.92 Å². The smallest absolute Gasteiger partial charge is 0.324 e. The molecule has 0 bridgehead atoms. The average Bonchev–Trinajstić information content (AvgIpc) is 3.26. The van der Waals surface area contributed by atoms with Crippen LogP contribution in [0.25, 0.3) is 0 Å². The van der Waals surface area contributed by atoms with Gasteiger partial charge in [0.2, 0.25) is 0 Å². The van der Waals surface area contributed by atoms with Crippen molar-refractivity contribution in [2.75, 3.05) is 26.2 Å². The van der Waals surface area contributed by atoms with Gasteiger partial charge in [-0.2, -0.15) is 0 Å². The predicted molar refractivity (Wildman–Crippen MR) is 82.8 cm³/mol. The van der Waals surface area contributed by atoms with Gasteiger partial charge in [-0.1, -0.05) is 33.6 Å². The Morgan fingerprint density at radius 1 is 1.20 bits per heavy atom. The number of likely N-dealkylation sites (N-methyl/N-ethyl adjacent to an activating group) is 1. The van der Waals surface area contributed by atoms with Crippen LogP contribution in [0.4, 0.5) is 0 Å². The van der Waals surface area contributed by atoms with E-state index in [4.69, 9.17) is 4.74 Å². The Bertz CT molecular complexity index is 276. The van der Waals surface area contributed by atoms with Crippen LogP contribution >= 0.6 is 0 Å². The Hall–Kier alpha value is -0.610. The third-order valence-corrected chi connectivity index (χ3v) is 4.14. The molecule has 0 saturated heterocycles. The van der Waals surface area contributed by atoms with Crippen molar-refractivity contribution in [3.8, 4) is 0 Å². The van der Waals surface area contributed by atoms with Crippen molar-refractivity contribution in [3.63, 3.8) is 0 Å². The first kappa shape index (κ1) is 17.4. The maximum absolute atomic E-state index is 12.1. The van der Waals surface area contributed by atoms with Crippen LogP contribution in [0.15, 0.2) is 0 Å². The minimum absolute atomic E-state index is 0.0950. The second-order valence-electron chi connectivity index (χ2n) is 5.78. The van der Waals surface area contributed by atoms with Crippen LogP contribution in [0.3, 0.4) is 0 Å². The summed E-state index contributed by atoms with van der Waals surface area (Å²) in [7, 11) is 0. The fourth-order valence-corrected chi connectivity index (χ4v) is 2.48. The van der Waals surface area contributed by atoms with Crippen LogP contribution in [0.5, 0.6) is 0 Å². The molecule has 4 nitrogen and oxygen atoms in total. The molecule has 118 valence electrons. The number of ether oxygens (including phenoxy) is 1. The second-order valence-corrected chi connectivity index (χ2v) is 5.78. The molecule has 0 aromatic carbocycles. The van der Waals surface area contributed by atoms with Crippen LogP contribution in [0, 0.1) is 5.92 Å². The van der Waals surface area contributed by atoms with E-state index in [0.717, 1.165) is 25.6 Å². The van der Waals surface area contributed by atoms with Gasteiger partial charge < -0.3 is 15.0 Å². The number of esters is 1. The van der Waals surface area contributed by atoms with Gasteiger partial charge in [0.05, 0.1) is 6.61 Å². The maximum Gasteiger partial charge on any atom is 0.324 e. The van der Waals surface area contributed by atoms with Crippen molar-refractivity contribution in [3.05, 3.63) is 0 Å². The molecular weight excluding hydrogens is 252 g/mol. The van der Waals surface area contributed by atoms with E-state index in [1.54, 1.807) is 0 Å². The summed E-state index contributed by atoms with van der Waals surface area (Å²) in [6.07, 6.45) is 4.78. The van der Waals surface area contributed by atoms with Crippen LogP contribution in [0.1, 0.15) is 53.4 Å². The molecule has 0 aromatic rings. The third-order valence-electron chi connectivity index (χ3n) is 4.14. The van der Waals surface area contributed by atoms with E-state index in [1.165, 1.54) is 25.7 Å². The quantitative estimate of drug-likeness (QED) is 0.592. The number of hydrogen-bond acceptors (Lipinski definition) is 4. The fourth-order valence-electron chi connectivity index (χ4n) is 2.48. The van der Waals surface area contributed by atoms with Gasteiger partial charge in [0, 0.05) is 19.1 Å². The molecule has 1 atom stereocenters. The van der Waals surface area contributed by atoms with Gasteiger partial charge in [-0.15, -0.1) is 0 Å². The molecule has 0 aliphatic heterocycles. The molecule has 1 unspecified atom stereocenters. The highest BCUT2D eigenvalue weighted by molar-refractivity contribution is 5.76. The van der Waals surface area contributed by atoms with E-state index in [9.17, 15) is 4.79 Å². The minimum atomic E-state index is -0.170. The summed E-state index contributed by atoms with van der Waals surface area (Å²) in [6, 6.07) is 0.355. The van der Waals surface area contributed by atoms with Crippen molar-refractivity contribution < 1.29 is 9.53 Å². The highest BCUT2D eigenvalue weighted by Gasteiger charge is 2.30. The van der Waals surface area contributed by atoms with E-state index >= 15 is 0 Å². The molecular formula is C16H32N2O2. The second kappa shape index (κ2) is 9.35. The summed E-state index contributed by atoms with van der Waals surface area (Å²) in [5.41, 5.74) is 0. The molecule has 0 spiro atoms. The Labute approximate surface area is 124 Å². The summed E-state index contributed by atoms with van der Waals surface area (Å²) in [6.45, 7) is 11.8. The molecule has 1 saturated carbocycles. The monoisotopic (exact) mass is 284 g/mol. The number of rotatable bonds is 11. The SMILES string of the molecule is CCOC(=O)C(CN(CC)CC(CC)CC)NC1CC1. The molecule has 1 rings (SSSR count). The lowest BCUT2D eigenvalue weighted by Gasteiger charge is -2.29. The summed E-state index contributed by atoms with van der Waals surface area (Å²) < 4.78 is 5.21. The maximum atomic E-state index is 12.1. The Balaban J connectivity index is 2.52. The molecule has 1 N–H and O–H groups in total. The molecule has 0 radical (unpaired) electrons. The summed E-state index contributed by atoms with van der Waals surface area (Å²) in [5.74, 6) is 0.626. The van der Waals surface area contributed by atoms with Crippen molar-refractivity contribution >= 4 is 5.97 Å². The summed E-state index contributed by atoms with van der Waals surface area (Å²) in [4.78, 5) is 14.5. The molecule has 1 fully saturated rings. The first-order valence-electron chi connectivity index (χ1n) is 8.29. The van der Waals surface area contributed by atoms with Gasteiger partial charge in [0.25, 0.3) is 0 Å². The van der Waals surface area contributed by atoms with Crippen LogP contribution in [-0.2, 0) is 9.53 Å². The molecule has 0 heterocycles. The first-order chi connectivity index (χ1) is 9.64. The molecule has 0 aromatic heterocycles. The Kier molecular flexibility index (Phi) is 8.15. The van der Waals surface area contributed by atoms with Gasteiger partial charge in [-0.05, 0) is 32.2 Å². The third kappa shape index (κ3) is 6.23. The van der Waals surface area contributed by atoms with Gasteiger partial charge in [0.1, 0.15) is 6.04 Å². The lowest BCUT2D eigenvalue weighted by Crippen LogP contribution is -2.48. The highest BCUT2D eigenvalue weighted by Crippen LogP contribution is 2.20. The number of nitrogens with one attached hydrogen (secondary N) is 1. The lowest BCUT2D eigenvalue weighted by molar-refractivity contribution is -0.146. The number of carbonyl (C=O) groups is 1. The van der Waals surface area contributed by atoms with Gasteiger partial charge in [-0.25, -0.2) is 0 Å². The zero-order valence-corrected chi connectivity index (χ0v) is 13.7. The summed E-state index contributed by atoms with van der Waals surface area (Å²) >= 11 is 0. The van der Waals surface area contributed by atoms with Crippen LogP contribution in [-0.4, -0.2) is 49.2 Å².